The molecule has 0 amide bonds. The van der Waals surface area contributed by atoms with E-state index < -0.39 is 12.1 Å². The molecular formula is C10H15BrF3NO2. The maximum atomic E-state index is 10.6. The SMILES string of the molecule is BrC1CC2(CCNCC2)C1.O=C(O)C(F)(F)F. The van der Waals surface area contributed by atoms with Crippen LogP contribution in [0.3, 0.4) is 0 Å². The molecule has 1 spiro atoms. The largest absolute Gasteiger partial charge is 0.490 e. The fourth-order valence-electron chi connectivity index (χ4n) is 2.25. The molecule has 2 rings (SSSR count). The number of halogens is 4. The van der Waals surface area contributed by atoms with Crippen LogP contribution in [0.4, 0.5) is 13.2 Å². The van der Waals surface area contributed by atoms with Crippen LogP contribution in [0.1, 0.15) is 25.7 Å². The number of alkyl halides is 4. The van der Waals surface area contributed by atoms with Crippen molar-refractivity contribution in [1.29, 1.82) is 0 Å². The maximum absolute atomic E-state index is 10.6. The molecule has 2 aliphatic rings. The summed E-state index contributed by atoms with van der Waals surface area (Å²) in [6, 6.07) is 0. The normalized spacial score (nSPS) is 23.5. The first-order valence-electron chi connectivity index (χ1n) is 5.40. The molecule has 0 aromatic rings. The molecule has 7 heteroatoms. The summed E-state index contributed by atoms with van der Waals surface area (Å²) in [5.41, 5.74) is 0.763. The lowest BCUT2D eigenvalue weighted by atomic mass is 9.63. The topological polar surface area (TPSA) is 49.3 Å². The molecule has 0 unspecified atom stereocenters. The highest BCUT2D eigenvalue weighted by Gasteiger charge is 2.43. The third-order valence-electron chi connectivity index (χ3n) is 3.22. The van der Waals surface area contributed by atoms with Crippen LogP contribution in [0, 0.1) is 5.41 Å². The average Bonchev–Trinajstić information content (AvgIpc) is 2.16. The molecule has 1 heterocycles. The van der Waals surface area contributed by atoms with Gasteiger partial charge in [0, 0.05) is 4.83 Å². The van der Waals surface area contributed by atoms with Crippen molar-refractivity contribution >= 4 is 21.9 Å². The Kier molecular flexibility index (Phi) is 4.83. The first-order valence-corrected chi connectivity index (χ1v) is 6.32. The Morgan fingerprint density at radius 1 is 1.29 bits per heavy atom. The van der Waals surface area contributed by atoms with E-state index in [0.717, 1.165) is 10.2 Å². The van der Waals surface area contributed by atoms with Crippen LogP contribution in [0.25, 0.3) is 0 Å². The number of carboxylic acids is 1. The van der Waals surface area contributed by atoms with Crippen molar-refractivity contribution in [2.24, 2.45) is 5.41 Å². The summed E-state index contributed by atoms with van der Waals surface area (Å²) in [7, 11) is 0. The molecule has 1 aliphatic carbocycles. The molecule has 2 fully saturated rings. The summed E-state index contributed by atoms with van der Waals surface area (Å²) in [6.45, 7) is 2.50. The van der Waals surface area contributed by atoms with Gasteiger partial charge in [-0.3, -0.25) is 0 Å². The first kappa shape index (κ1) is 14.8. The molecule has 0 radical (unpaired) electrons. The van der Waals surface area contributed by atoms with Crippen LogP contribution in [-0.2, 0) is 4.79 Å². The summed E-state index contributed by atoms with van der Waals surface area (Å²) < 4.78 is 31.7. The van der Waals surface area contributed by atoms with E-state index in [1.165, 1.54) is 38.8 Å². The number of piperidine rings is 1. The second kappa shape index (κ2) is 5.56. The van der Waals surface area contributed by atoms with Crippen molar-refractivity contribution in [1.82, 2.24) is 5.32 Å². The van der Waals surface area contributed by atoms with E-state index >= 15 is 0 Å². The fraction of sp³-hybridized carbons (Fsp3) is 0.900. The first-order chi connectivity index (χ1) is 7.75. The third kappa shape index (κ3) is 4.46. The Bertz CT molecular complexity index is 262. The summed E-state index contributed by atoms with van der Waals surface area (Å²) in [5, 5.41) is 10.5. The molecule has 0 bridgehead atoms. The number of hydrogen-bond acceptors (Lipinski definition) is 2. The smallest absolute Gasteiger partial charge is 0.475 e. The number of rotatable bonds is 0. The van der Waals surface area contributed by atoms with Crippen molar-refractivity contribution in [3.63, 3.8) is 0 Å². The molecule has 0 aromatic heterocycles. The van der Waals surface area contributed by atoms with Crippen LogP contribution in [0.15, 0.2) is 0 Å². The lowest BCUT2D eigenvalue weighted by Gasteiger charge is -2.48. The summed E-state index contributed by atoms with van der Waals surface area (Å²) in [5.74, 6) is -2.76. The van der Waals surface area contributed by atoms with E-state index in [1.807, 2.05) is 0 Å². The van der Waals surface area contributed by atoms with Crippen LogP contribution >= 0.6 is 15.9 Å². The molecule has 0 atom stereocenters. The highest BCUT2D eigenvalue weighted by molar-refractivity contribution is 9.09. The van der Waals surface area contributed by atoms with Crippen LogP contribution in [0.5, 0.6) is 0 Å². The van der Waals surface area contributed by atoms with Crippen molar-refractivity contribution < 1.29 is 23.1 Å². The van der Waals surface area contributed by atoms with Gasteiger partial charge in [0.2, 0.25) is 0 Å². The lowest BCUT2D eigenvalue weighted by Crippen LogP contribution is -2.45. The van der Waals surface area contributed by atoms with Gasteiger partial charge in [-0.25, -0.2) is 4.79 Å². The second-order valence-electron chi connectivity index (χ2n) is 4.56. The second-order valence-corrected chi connectivity index (χ2v) is 5.85. The number of aliphatic carboxylic acids is 1. The van der Waals surface area contributed by atoms with Crippen molar-refractivity contribution in [3.05, 3.63) is 0 Å². The molecule has 100 valence electrons. The number of nitrogens with one attached hydrogen (secondary N) is 1. The average molecular weight is 318 g/mol. The summed E-state index contributed by atoms with van der Waals surface area (Å²) in [6.07, 6.45) is 0.591. The predicted molar refractivity (Wildman–Crippen MR) is 60.2 cm³/mol. The van der Waals surface area contributed by atoms with E-state index in [-0.39, 0.29) is 0 Å². The van der Waals surface area contributed by atoms with Crippen LogP contribution in [-0.4, -0.2) is 35.2 Å². The Labute approximate surface area is 106 Å². The minimum atomic E-state index is -5.08. The standard InChI is InChI=1S/C8H14BrN.C2HF3O2/c9-7-5-8(6-7)1-3-10-4-2-8;3-2(4,5)1(6)7/h7,10H,1-6H2;(H,6,7). The summed E-state index contributed by atoms with van der Waals surface area (Å²) in [4.78, 5) is 9.73. The molecule has 17 heavy (non-hydrogen) atoms. The molecule has 1 saturated heterocycles. The van der Waals surface area contributed by atoms with Gasteiger partial charge in [-0.15, -0.1) is 0 Å². The number of hydrogen-bond donors (Lipinski definition) is 2. The van der Waals surface area contributed by atoms with Gasteiger partial charge in [-0.1, -0.05) is 15.9 Å². The van der Waals surface area contributed by atoms with Gasteiger partial charge in [-0.05, 0) is 44.2 Å². The van der Waals surface area contributed by atoms with Gasteiger partial charge in [0.1, 0.15) is 0 Å². The molecular weight excluding hydrogens is 303 g/mol. The van der Waals surface area contributed by atoms with Gasteiger partial charge in [0.15, 0.2) is 0 Å². The molecule has 1 saturated carbocycles. The van der Waals surface area contributed by atoms with E-state index in [1.54, 1.807) is 0 Å². The fourth-order valence-corrected chi connectivity index (χ4v) is 3.62. The highest BCUT2D eigenvalue weighted by atomic mass is 79.9. The maximum Gasteiger partial charge on any atom is 0.490 e. The van der Waals surface area contributed by atoms with Gasteiger partial charge < -0.3 is 10.4 Å². The Hall–Kier alpha value is -0.300. The van der Waals surface area contributed by atoms with E-state index in [2.05, 4.69) is 21.2 Å². The summed E-state index contributed by atoms with van der Waals surface area (Å²) >= 11 is 3.65. The minimum Gasteiger partial charge on any atom is -0.475 e. The quantitative estimate of drug-likeness (QED) is 0.675. The number of carbonyl (C=O) groups is 1. The molecule has 3 nitrogen and oxygen atoms in total. The Morgan fingerprint density at radius 2 is 1.71 bits per heavy atom. The van der Waals surface area contributed by atoms with Gasteiger partial charge in [-0.2, -0.15) is 13.2 Å². The monoisotopic (exact) mass is 317 g/mol. The zero-order chi connectivity index (χ0) is 13.1. The Morgan fingerprint density at radius 3 is 2.00 bits per heavy atom. The van der Waals surface area contributed by atoms with E-state index in [4.69, 9.17) is 9.90 Å². The van der Waals surface area contributed by atoms with Crippen LogP contribution in [0.2, 0.25) is 0 Å². The molecule has 2 N–H and O–H groups in total. The van der Waals surface area contributed by atoms with Gasteiger partial charge >= 0.3 is 12.1 Å². The van der Waals surface area contributed by atoms with Crippen molar-refractivity contribution in [2.45, 2.75) is 36.7 Å². The van der Waals surface area contributed by atoms with E-state index in [9.17, 15) is 13.2 Å². The minimum absolute atomic E-state index is 0.763. The third-order valence-corrected chi connectivity index (χ3v) is 3.86. The molecule has 0 aromatic carbocycles. The van der Waals surface area contributed by atoms with Gasteiger partial charge in [0.25, 0.3) is 0 Å². The van der Waals surface area contributed by atoms with E-state index in [0.29, 0.717) is 0 Å². The highest BCUT2D eigenvalue weighted by Crippen LogP contribution is 2.50. The van der Waals surface area contributed by atoms with Crippen LogP contribution < -0.4 is 5.32 Å². The predicted octanol–water partition coefficient (Wildman–Crippen LogP) is 2.55. The Balaban J connectivity index is 0.000000185. The lowest BCUT2D eigenvalue weighted by molar-refractivity contribution is -0.192. The zero-order valence-electron chi connectivity index (χ0n) is 9.19. The molecule has 1 aliphatic heterocycles. The number of carboxylic acid groups (broad SMARTS) is 1. The van der Waals surface area contributed by atoms with Crippen molar-refractivity contribution in [2.75, 3.05) is 13.1 Å². The zero-order valence-corrected chi connectivity index (χ0v) is 10.8. The van der Waals surface area contributed by atoms with Gasteiger partial charge in [0.05, 0.1) is 0 Å². The van der Waals surface area contributed by atoms with Crippen molar-refractivity contribution in [3.8, 4) is 0 Å².